The predicted molar refractivity (Wildman–Crippen MR) is 110 cm³/mol. The zero-order valence-electron chi connectivity index (χ0n) is 15.5. The number of hydrogen-bond donors (Lipinski definition) is 1. The van der Waals surface area contributed by atoms with Gasteiger partial charge in [0, 0.05) is 27.2 Å². The lowest BCUT2D eigenvalue weighted by molar-refractivity contribution is -0.140. The number of thiazole rings is 1. The fourth-order valence-corrected chi connectivity index (χ4v) is 4.66. The van der Waals surface area contributed by atoms with Gasteiger partial charge in [0.05, 0.1) is 11.3 Å². The molecule has 1 heterocycles. The van der Waals surface area contributed by atoms with Crippen molar-refractivity contribution in [2.45, 2.75) is 23.7 Å². The lowest BCUT2D eigenvalue weighted by Crippen LogP contribution is -2.07. The molecule has 3 aromatic rings. The average Bonchev–Trinajstić information content (AvgIpc) is 3.05. The Labute approximate surface area is 178 Å². The summed E-state index contributed by atoms with van der Waals surface area (Å²) in [4.78, 5) is 16.8. The average molecular weight is 453 g/mol. The standard InChI is InChI=1S/C21H15F4NO2S2/c1-12-18(11-29-15-6-2-13(3-7-15)4-9-19(27)28)30-20(26-12)14-5-8-16(17(22)10-14)21(23,24)25/h2-10H,11H2,1H3,(H,27,28)/b9-4+. The number of thioether (sulfide) groups is 1. The first-order chi connectivity index (χ1) is 14.1. The molecule has 0 fully saturated rings. The molecule has 2 aromatic carbocycles. The Morgan fingerprint density at radius 2 is 1.90 bits per heavy atom. The van der Waals surface area contributed by atoms with Crippen molar-refractivity contribution in [1.82, 2.24) is 4.98 Å². The van der Waals surface area contributed by atoms with Crippen LogP contribution in [0.15, 0.2) is 53.4 Å². The molecule has 0 bridgehead atoms. The van der Waals surface area contributed by atoms with Gasteiger partial charge in [-0.25, -0.2) is 14.2 Å². The number of hydrogen-bond acceptors (Lipinski definition) is 4. The van der Waals surface area contributed by atoms with E-state index in [0.29, 0.717) is 16.3 Å². The van der Waals surface area contributed by atoms with Crippen molar-refractivity contribution in [3.63, 3.8) is 0 Å². The van der Waals surface area contributed by atoms with Crippen LogP contribution in [0.1, 0.15) is 21.7 Å². The molecule has 30 heavy (non-hydrogen) atoms. The summed E-state index contributed by atoms with van der Waals surface area (Å²) in [5, 5.41) is 9.11. The van der Waals surface area contributed by atoms with Gasteiger partial charge in [0.2, 0.25) is 0 Å². The minimum Gasteiger partial charge on any atom is -0.478 e. The fraction of sp³-hybridized carbons (Fsp3) is 0.143. The summed E-state index contributed by atoms with van der Waals surface area (Å²) in [6.45, 7) is 1.80. The maximum atomic E-state index is 13.9. The van der Waals surface area contributed by atoms with Crippen LogP contribution in [0.2, 0.25) is 0 Å². The molecule has 0 radical (unpaired) electrons. The van der Waals surface area contributed by atoms with Crippen LogP contribution in [0.5, 0.6) is 0 Å². The van der Waals surface area contributed by atoms with Crippen molar-refractivity contribution in [1.29, 1.82) is 0 Å². The maximum Gasteiger partial charge on any atom is 0.419 e. The first kappa shape index (κ1) is 22.0. The fourth-order valence-electron chi connectivity index (χ4n) is 2.56. The third kappa shape index (κ3) is 5.48. The Morgan fingerprint density at radius 3 is 2.50 bits per heavy atom. The number of carboxylic acid groups (broad SMARTS) is 1. The van der Waals surface area contributed by atoms with Gasteiger partial charge >= 0.3 is 12.1 Å². The number of carbonyl (C=O) groups is 1. The van der Waals surface area contributed by atoms with Crippen LogP contribution in [-0.2, 0) is 16.7 Å². The minimum atomic E-state index is -4.73. The molecule has 1 N–H and O–H groups in total. The molecule has 0 saturated heterocycles. The molecule has 0 saturated carbocycles. The van der Waals surface area contributed by atoms with Gasteiger partial charge in [0.15, 0.2) is 0 Å². The lowest BCUT2D eigenvalue weighted by Gasteiger charge is -2.08. The summed E-state index contributed by atoms with van der Waals surface area (Å²) >= 11 is 2.86. The van der Waals surface area contributed by atoms with Crippen molar-refractivity contribution >= 4 is 35.1 Å². The van der Waals surface area contributed by atoms with Gasteiger partial charge in [0.1, 0.15) is 10.8 Å². The summed E-state index contributed by atoms with van der Waals surface area (Å²) < 4.78 is 52.0. The highest BCUT2D eigenvalue weighted by atomic mass is 32.2. The molecule has 0 atom stereocenters. The van der Waals surface area contributed by atoms with E-state index in [9.17, 15) is 22.4 Å². The number of benzene rings is 2. The number of alkyl halides is 3. The van der Waals surface area contributed by atoms with E-state index < -0.39 is 23.5 Å². The maximum absolute atomic E-state index is 13.9. The van der Waals surface area contributed by atoms with Gasteiger partial charge in [0.25, 0.3) is 0 Å². The molecule has 9 heteroatoms. The van der Waals surface area contributed by atoms with E-state index in [0.717, 1.165) is 39.2 Å². The van der Waals surface area contributed by atoms with Gasteiger partial charge in [-0.1, -0.05) is 18.2 Å². The van der Waals surface area contributed by atoms with Crippen molar-refractivity contribution in [2.75, 3.05) is 0 Å². The molecule has 0 unspecified atom stereocenters. The molecule has 0 aliphatic heterocycles. The highest BCUT2D eigenvalue weighted by Crippen LogP contribution is 2.36. The number of halogens is 4. The van der Waals surface area contributed by atoms with Crippen LogP contribution in [0.25, 0.3) is 16.6 Å². The van der Waals surface area contributed by atoms with Crippen LogP contribution in [0.4, 0.5) is 17.6 Å². The summed E-state index contributed by atoms with van der Waals surface area (Å²) in [5.41, 5.74) is 0.516. The van der Waals surface area contributed by atoms with Crippen molar-refractivity contribution in [3.05, 3.63) is 76.1 Å². The van der Waals surface area contributed by atoms with Crippen LogP contribution in [0.3, 0.4) is 0 Å². The minimum absolute atomic E-state index is 0.305. The first-order valence-electron chi connectivity index (χ1n) is 8.61. The van der Waals surface area contributed by atoms with E-state index in [4.69, 9.17) is 5.11 Å². The topological polar surface area (TPSA) is 50.2 Å². The molecule has 1 aromatic heterocycles. The second kappa shape index (κ2) is 9.01. The molecule has 3 rings (SSSR count). The van der Waals surface area contributed by atoms with Crippen molar-refractivity contribution in [3.8, 4) is 10.6 Å². The second-order valence-corrected chi connectivity index (χ2v) is 8.38. The number of nitrogens with zero attached hydrogens (tertiary/aromatic N) is 1. The molecule has 3 nitrogen and oxygen atoms in total. The second-order valence-electron chi connectivity index (χ2n) is 6.25. The van der Waals surface area contributed by atoms with Crippen molar-refractivity contribution < 1.29 is 27.5 Å². The number of aryl methyl sites for hydroxylation is 1. The molecule has 0 amide bonds. The Kier molecular flexibility index (Phi) is 6.62. The van der Waals surface area contributed by atoms with E-state index in [1.54, 1.807) is 30.8 Å². The molecule has 0 aliphatic carbocycles. The van der Waals surface area contributed by atoms with E-state index in [1.165, 1.54) is 23.5 Å². The zero-order valence-corrected chi connectivity index (χ0v) is 17.2. The Hall–Kier alpha value is -2.65. The van der Waals surface area contributed by atoms with Crippen LogP contribution >= 0.6 is 23.1 Å². The Bertz CT molecular complexity index is 1090. The van der Waals surface area contributed by atoms with Gasteiger partial charge in [-0.15, -0.1) is 23.1 Å². The molecule has 0 spiro atoms. The van der Waals surface area contributed by atoms with Gasteiger partial charge in [-0.05, 0) is 42.8 Å². The lowest BCUT2D eigenvalue weighted by atomic mass is 10.1. The van der Waals surface area contributed by atoms with Crippen LogP contribution in [-0.4, -0.2) is 16.1 Å². The Balaban J connectivity index is 1.71. The number of carboxylic acids is 1. The number of aromatic nitrogens is 1. The van der Waals surface area contributed by atoms with Gasteiger partial charge in [-0.2, -0.15) is 13.2 Å². The van der Waals surface area contributed by atoms with Crippen LogP contribution < -0.4 is 0 Å². The van der Waals surface area contributed by atoms with E-state index in [1.807, 2.05) is 12.1 Å². The summed E-state index contributed by atoms with van der Waals surface area (Å²) in [7, 11) is 0. The highest BCUT2D eigenvalue weighted by Gasteiger charge is 2.34. The SMILES string of the molecule is Cc1nc(-c2ccc(C(F)(F)F)c(F)c2)sc1CSc1ccc(/C=C/C(=O)O)cc1. The number of rotatable bonds is 6. The normalized spacial score (nSPS) is 11.9. The summed E-state index contributed by atoms with van der Waals surface area (Å²) in [6, 6.07) is 10.2. The van der Waals surface area contributed by atoms with E-state index in [2.05, 4.69) is 4.98 Å². The quantitative estimate of drug-likeness (QED) is 0.257. The molecule has 0 aliphatic rings. The molecule has 156 valence electrons. The summed E-state index contributed by atoms with van der Waals surface area (Å²) in [5.74, 6) is -1.74. The third-order valence-corrected chi connectivity index (χ3v) is 6.51. The third-order valence-electron chi connectivity index (χ3n) is 4.08. The smallest absolute Gasteiger partial charge is 0.419 e. The molecular formula is C21H15F4NO2S2. The Morgan fingerprint density at radius 1 is 1.20 bits per heavy atom. The van der Waals surface area contributed by atoms with E-state index >= 15 is 0 Å². The van der Waals surface area contributed by atoms with Crippen LogP contribution in [0, 0.1) is 12.7 Å². The predicted octanol–water partition coefficient (Wildman–Crippen LogP) is 6.67. The first-order valence-corrected chi connectivity index (χ1v) is 10.4. The molecular weight excluding hydrogens is 438 g/mol. The number of aliphatic carboxylic acids is 1. The van der Waals surface area contributed by atoms with E-state index in [-0.39, 0.29) is 0 Å². The largest absolute Gasteiger partial charge is 0.478 e. The van der Waals surface area contributed by atoms with Gasteiger partial charge in [-0.3, -0.25) is 0 Å². The van der Waals surface area contributed by atoms with Crippen molar-refractivity contribution in [2.24, 2.45) is 0 Å². The van der Waals surface area contributed by atoms with Gasteiger partial charge < -0.3 is 5.11 Å². The highest BCUT2D eigenvalue weighted by molar-refractivity contribution is 7.98. The zero-order chi connectivity index (χ0) is 21.9. The summed E-state index contributed by atoms with van der Waals surface area (Å²) in [6.07, 6.45) is -2.17. The monoisotopic (exact) mass is 453 g/mol.